The van der Waals surface area contributed by atoms with Crippen LogP contribution in [0.1, 0.15) is 11.1 Å². The van der Waals surface area contributed by atoms with E-state index in [1.165, 1.54) is 12.1 Å². The van der Waals surface area contributed by atoms with Crippen LogP contribution in [0, 0.1) is 19.7 Å². The van der Waals surface area contributed by atoms with Crippen molar-refractivity contribution in [1.29, 1.82) is 0 Å². The summed E-state index contributed by atoms with van der Waals surface area (Å²) in [5.41, 5.74) is 7.37. The van der Waals surface area contributed by atoms with E-state index in [9.17, 15) is 12.8 Å². The van der Waals surface area contributed by atoms with E-state index in [4.69, 9.17) is 17.3 Å². The van der Waals surface area contributed by atoms with Gasteiger partial charge in [0.05, 0.1) is 15.6 Å². The number of anilines is 2. The Hall–Kier alpha value is -1.79. The number of benzene rings is 2. The lowest BCUT2D eigenvalue weighted by molar-refractivity contribution is 0.600. The predicted molar refractivity (Wildman–Crippen MR) is 82.5 cm³/mol. The zero-order chi connectivity index (χ0) is 15.8. The largest absolute Gasteiger partial charge is 0.398 e. The molecule has 2 aromatic rings. The van der Waals surface area contributed by atoms with Gasteiger partial charge in [0.15, 0.2) is 0 Å². The molecule has 0 bridgehead atoms. The second kappa shape index (κ2) is 5.54. The van der Waals surface area contributed by atoms with Gasteiger partial charge in [0.25, 0.3) is 10.0 Å². The van der Waals surface area contributed by atoms with Crippen molar-refractivity contribution in [2.24, 2.45) is 0 Å². The van der Waals surface area contributed by atoms with Crippen LogP contribution in [0.15, 0.2) is 35.2 Å². The summed E-state index contributed by atoms with van der Waals surface area (Å²) < 4.78 is 40.5. The van der Waals surface area contributed by atoms with Crippen LogP contribution in [0.2, 0.25) is 5.02 Å². The molecule has 0 aliphatic carbocycles. The Morgan fingerprint density at radius 1 is 1.19 bits per heavy atom. The number of nitrogen functional groups attached to an aromatic ring is 1. The van der Waals surface area contributed by atoms with E-state index < -0.39 is 15.8 Å². The predicted octanol–water partition coefficient (Wildman–Crippen LogP) is 3.48. The lowest BCUT2D eigenvalue weighted by Crippen LogP contribution is -2.16. The summed E-state index contributed by atoms with van der Waals surface area (Å²) in [6.07, 6.45) is 0. The van der Waals surface area contributed by atoms with E-state index in [0.717, 1.165) is 6.07 Å². The zero-order valence-corrected chi connectivity index (χ0v) is 13.0. The molecule has 0 amide bonds. The van der Waals surface area contributed by atoms with Crippen molar-refractivity contribution >= 4 is 33.0 Å². The molecule has 0 aliphatic rings. The normalized spacial score (nSPS) is 11.4. The highest BCUT2D eigenvalue weighted by atomic mass is 35.5. The van der Waals surface area contributed by atoms with Gasteiger partial charge < -0.3 is 5.73 Å². The maximum absolute atomic E-state index is 13.1. The Kier molecular flexibility index (Phi) is 4.11. The van der Waals surface area contributed by atoms with Crippen LogP contribution in [0.5, 0.6) is 0 Å². The summed E-state index contributed by atoms with van der Waals surface area (Å²) in [6, 6.07) is 6.90. The van der Waals surface area contributed by atoms with Gasteiger partial charge in [-0.05, 0) is 49.2 Å². The van der Waals surface area contributed by atoms with Crippen molar-refractivity contribution in [3.63, 3.8) is 0 Å². The number of aryl methyl sites for hydroxylation is 1. The van der Waals surface area contributed by atoms with Crippen molar-refractivity contribution in [2.75, 3.05) is 10.5 Å². The molecule has 0 radical (unpaired) electrons. The van der Waals surface area contributed by atoms with Gasteiger partial charge in [0.2, 0.25) is 0 Å². The van der Waals surface area contributed by atoms with E-state index >= 15 is 0 Å². The van der Waals surface area contributed by atoms with Crippen LogP contribution in [-0.4, -0.2) is 8.42 Å². The molecule has 112 valence electrons. The average Bonchev–Trinajstić information content (AvgIpc) is 2.38. The van der Waals surface area contributed by atoms with Crippen LogP contribution in [-0.2, 0) is 10.0 Å². The number of nitrogens with one attached hydrogen (secondary N) is 1. The van der Waals surface area contributed by atoms with Crippen LogP contribution < -0.4 is 10.5 Å². The maximum atomic E-state index is 13.1. The summed E-state index contributed by atoms with van der Waals surface area (Å²) in [5.74, 6) is -0.615. The molecule has 0 aromatic heterocycles. The molecule has 7 heteroatoms. The Balaban J connectivity index is 2.48. The molecule has 0 atom stereocenters. The SMILES string of the molecule is Cc1ccc(N)c(C)c1S(=O)(=O)Nc1ccc(F)c(Cl)c1. The number of hydrogen-bond donors (Lipinski definition) is 2. The fraction of sp³-hybridized carbons (Fsp3) is 0.143. The van der Waals surface area contributed by atoms with Gasteiger partial charge in [-0.1, -0.05) is 17.7 Å². The highest BCUT2D eigenvalue weighted by molar-refractivity contribution is 7.92. The van der Waals surface area contributed by atoms with Crippen molar-refractivity contribution in [3.05, 3.63) is 52.3 Å². The van der Waals surface area contributed by atoms with Crippen molar-refractivity contribution in [2.45, 2.75) is 18.7 Å². The van der Waals surface area contributed by atoms with Gasteiger partial charge in [-0.3, -0.25) is 4.72 Å². The third-order valence-corrected chi connectivity index (χ3v) is 5.04. The molecule has 0 fully saturated rings. The minimum Gasteiger partial charge on any atom is -0.398 e. The van der Waals surface area contributed by atoms with Gasteiger partial charge >= 0.3 is 0 Å². The summed E-state index contributed by atoms with van der Waals surface area (Å²) in [5, 5.41) is -0.156. The van der Waals surface area contributed by atoms with E-state index in [-0.39, 0.29) is 15.6 Å². The molecular formula is C14H14ClFN2O2S. The van der Waals surface area contributed by atoms with Crippen LogP contribution in [0.4, 0.5) is 15.8 Å². The lowest BCUT2D eigenvalue weighted by Gasteiger charge is -2.14. The first kappa shape index (κ1) is 15.6. The molecule has 0 heterocycles. The van der Waals surface area contributed by atoms with E-state index in [1.807, 2.05) is 0 Å². The highest BCUT2D eigenvalue weighted by Crippen LogP contribution is 2.28. The molecule has 0 spiro atoms. The molecule has 2 rings (SSSR count). The van der Waals surface area contributed by atoms with Crippen molar-refractivity contribution in [1.82, 2.24) is 0 Å². The van der Waals surface area contributed by atoms with Gasteiger partial charge in [0.1, 0.15) is 5.82 Å². The minimum absolute atomic E-state index is 0.114. The minimum atomic E-state index is -3.84. The Bertz CT molecular complexity index is 807. The van der Waals surface area contributed by atoms with Gasteiger partial charge in [0, 0.05) is 5.69 Å². The number of nitrogens with two attached hydrogens (primary N) is 1. The molecule has 0 saturated heterocycles. The average molecular weight is 329 g/mol. The monoisotopic (exact) mass is 328 g/mol. The number of sulfonamides is 1. The summed E-state index contributed by atoms with van der Waals surface area (Å²) in [7, 11) is -3.84. The summed E-state index contributed by atoms with van der Waals surface area (Å²) in [4.78, 5) is 0.114. The van der Waals surface area contributed by atoms with E-state index in [0.29, 0.717) is 16.8 Å². The third-order valence-electron chi connectivity index (χ3n) is 3.09. The Morgan fingerprint density at radius 2 is 1.86 bits per heavy atom. The standard InChI is InChI=1S/C14H14ClFN2O2S/c1-8-3-6-13(17)9(2)14(8)21(19,20)18-10-4-5-12(16)11(15)7-10/h3-7,18H,17H2,1-2H3. The Morgan fingerprint density at radius 3 is 2.48 bits per heavy atom. The topological polar surface area (TPSA) is 72.2 Å². The van der Waals surface area contributed by atoms with Crippen molar-refractivity contribution < 1.29 is 12.8 Å². The molecule has 3 N–H and O–H groups in total. The lowest BCUT2D eigenvalue weighted by atomic mass is 10.1. The van der Waals surface area contributed by atoms with Crippen LogP contribution >= 0.6 is 11.6 Å². The number of hydrogen-bond acceptors (Lipinski definition) is 3. The number of rotatable bonds is 3. The highest BCUT2D eigenvalue weighted by Gasteiger charge is 2.21. The van der Waals surface area contributed by atoms with E-state index in [2.05, 4.69) is 4.72 Å². The molecule has 2 aromatic carbocycles. The molecule has 0 unspecified atom stereocenters. The van der Waals surface area contributed by atoms with Gasteiger partial charge in [-0.15, -0.1) is 0 Å². The van der Waals surface area contributed by atoms with Gasteiger partial charge in [-0.2, -0.15) is 0 Å². The third kappa shape index (κ3) is 3.11. The molecule has 0 saturated carbocycles. The van der Waals surface area contributed by atoms with E-state index in [1.54, 1.807) is 26.0 Å². The van der Waals surface area contributed by atoms with Crippen LogP contribution in [0.25, 0.3) is 0 Å². The maximum Gasteiger partial charge on any atom is 0.262 e. The Labute approximate surface area is 127 Å². The fourth-order valence-electron chi connectivity index (χ4n) is 2.02. The molecule has 0 aliphatic heterocycles. The second-order valence-electron chi connectivity index (χ2n) is 4.66. The van der Waals surface area contributed by atoms with Crippen molar-refractivity contribution in [3.8, 4) is 0 Å². The summed E-state index contributed by atoms with van der Waals surface area (Å²) >= 11 is 5.65. The molecular weight excluding hydrogens is 315 g/mol. The first-order valence-corrected chi connectivity index (χ1v) is 7.92. The molecule has 21 heavy (non-hydrogen) atoms. The van der Waals surface area contributed by atoms with Crippen LogP contribution in [0.3, 0.4) is 0 Å². The first-order valence-electron chi connectivity index (χ1n) is 6.06. The zero-order valence-electron chi connectivity index (χ0n) is 11.4. The quantitative estimate of drug-likeness (QED) is 0.847. The molecule has 4 nitrogen and oxygen atoms in total. The van der Waals surface area contributed by atoms with Gasteiger partial charge in [-0.25, -0.2) is 12.8 Å². The first-order chi connectivity index (χ1) is 9.72. The second-order valence-corrected chi connectivity index (χ2v) is 6.69. The number of halogens is 2. The summed E-state index contributed by atoms with van der Waals surface area (Å²) in [6.45, 7) is 3.31. The fourth-order valence-corrected chi connectivity index (χ4v) is 3.75. The smallest absolute Gasteiger partial charge is 0.262 e.